The van der Waals surface area contributed by atoms with Gasteiger partial charge in [0.25, 0.3) is 0 Å². The summed E-state index contributed by atoms with van der Waals surface area (Å²) in [5.74, 6) is 0.637. The molecule has 0 radical (unpaired) electrons. The molecule has 19 heavy (non-hydrogen) atoms. The van der Waals surface area contributed by atoms with E-state index in [1.807, 2.05) is 0 Å². The van der Waals surface area contributed by atoms with Crippen LogP contribution >= 0.6 is 15.9 Å². The summed E-state index contributed by atoms with van der Waals surface area (Å²) in [5, 5.41) is 0. The third kappa shape index (κ3) is 3.22. The lowest BCUT2D eigenvalue weighted by Gasteiger charge is -2.40. The van der Waals surface area contributed by atoms with Gasteiger partial charge in [-0.15, -0.1) is 0 Å². The first-order valence-corrected chi connectivity index (χ1v) is 8.49. The number of hydrogen-bond acceptors (Lipinski definition) is 1. The first-order chi connectivity index (χ1) is 9.19. The standard InChI is InChI=1S/C17H26BrN/c1-4-11-19(12-5-2)16-10-9-14-7-6-8-15(18)17(14)13(16)3/h6-8,13,16H,4-5,9-12H2,1-3H3. The van der Waals surface area contributed by atoms with Crippen LogP contribution in [0.1, 0.15) is 57.1 Å². The average Bonchev–Trinajstić information content (AvgIpc) is 2.39. The normalized spacial score (nSPS) is 22.6. The summed E-state index contributed by atoms with van der Waals surface area (Å²) in [6.07, 6.45) is 5.05. The van der Waals surface area contributed by atoms with Crippen LogP contribution in [0.15, 0.2) is 22.7 Å². The number of halogens is 1. The van der Waals surface area contributed by atoms with Crippen LogP contribution in [0.25, 0.3) is 0 Å². The molecule has 0 N–H and O–H groups in total. The molecule has 0 spiro atoms. The summed E-state index contributed by atoms with van der Waals surface area (Å²) in [5.41, 5.74) is 3.10. The molecule has 2 rings (SSSR count). The molecule has 2 atom stereocenters. The minimum absolute atomic E-state index is 0.637. The van der Waals surface area contributed by atoms with E-state index in [4.69, 9.17) is 0 Å². The Balaban J connectivity index is 2.24. The van der Waals surface area contributed by atoms with Crippen LogP contribution in [-0.4, -0.2) is 24.0 Å². The number of rotatable bonds is 5. The molecule has 0 fully saturated rings. The van der Waals surface area contributed by atoms with Crippen molar-refractivity contribution in [2.24, 2.45) is 0 Å². The van der Waals surface area contributed by atoms with Crippen LogP contribution < -0.4 is 0 Å². The van der Waals surface area contributed by atoms with E-state index in [9.17, 15) is 0 Å². The Morgan fingerprint density at radius 1 is 1.21 bits per heavy atom. The molecular formula is C17H26BrN. The zero-order valence-electron chi connectivity index (χ0n) is 12.5. The highest BCUT2D eigenvalue weighted by Gasteiger charge is 2.31. The molecule has 0 bridgehead atoms. The van der Waals surface area contributed by atoms with Crippen molar-refractivity contribution in [2.45, 2.75) is 58.4 Å². The Bertz CT molecular complexity index is 410. The molecule has 1 aliphatic carbocycles. The molecular weight excluding hydrogens is 298 g/mol. The van der Waals surface area contributed by atoms with Gasteiger partial charge in [0.05, 0.1) is 0 Å². The zero-order valence-corrected chi connectivity index (χ0v) is 14.0. The van der Waals surface area contributed by atoms with E-state index >= 15 is 0 Å². The smallest absolute Gasteiger partial charge is 0.0213 e. The highest BCUT2D eigenvalue weighted by Crippen LogP contribution is 2.38. The van der Waals surface area contributed by atoms with Crippen LogP contribution in [0.4, 0.5) is 0 Å². The summed E-state index contributed by atoms with van der Waals surface area (Å²) in [4.78, 5) is 2.72. The Morgan fingerprint density at radius 3 is 2.53 bits per heavy atom. The second-order valence-corrected chi connectivity index (χ2v) is 6.60. The van der Waals surface area contributed by atoms with Gasteiger partial charge in [0.1, 0.15) is 0 Å². The van der Waals surface area contributed by atoms with Gasteiger partial charge in [-0.1, -0.05) is 48.8 Å². The Kier molecular flexibility index (Phi) is 5.47. The van der Waals surface area contributed by atoms with Gasteiger partial charge in [0.15, 0.2) is 0 Å². The van der Waals surface area contributed by atoms with Crippen molar-refractivity contribution in [2.75, 3.05) is 13.1 Å². The number of hydrogen-bond donors (Lipinski definition) is 0. The van der Waals surface area contributed by atoms with E-state index in [-0.39, 0.29) is 0 Å². The number of aryl methyl sites for hydroxylation is 1. The van der Waals surface area contributed by atoms with Gasteiger partial charge in [0, 0.05) is 10.5 Å². The molecule has 0 aromatic heterocycles. The van der Waals surface area contributed by atoms with Crippen molar-refractivity contribution >= 4 is 15.9 Å². The predicted molar refractivity (Wildman–Crippen MR) is 86.8 cm³/mol. The molecule has 1 nitrogen and oxygen atoms in total. The first kappa shape index (κ1) is 15.1. The van der Waals surface area contributed by atoms with Gasteiger partial charge >= 0.3 is 0 Å². The maximum atomic E-state index is 3.76. The molecule has 0 saturated carbocycles. The van der Waals surface area contributed by atoms with Gasteiger partial charge in [-0.3, -0.25) is 4.90 Å². The maximum Gasteiger partial charge on any atom is 0.0213 e. The number of benzene rings is 1. The zero-order chi connectivity index (χ0) is 13.8. The molecule has 2 heteroatoms. The lowest BCUT2D eigenvalue weighted by Crippen LogP contribution is -2.42. The van der Waals surface area contributed by atoms with Crippen molar-refractivity contribution in [3.63, 3.8) is 0 Å². The SMILES string of the molecule is CCCN(CCC)C1CCc2cccc(Br)c2C1C. The summed E-state index contributed by atoms with van der Waals surface area (Å²) in [6, 6.07) is 7.38. The van der Waals surface area contributed by atoms with Gasteiger partial charge in [0.2, 0.25) is 0 Å². The largest absolute Gasteiger partial charge is 0.300 e. The van der Waals surface area contributed by atoms with E-state index < -0.39 is 0 Å². The summed E-state index contributed by atoms with van der Waals surface area (Å²) < 4.78 is 1.30. The molecule has 106 valence electrons. The van der Waals surface area contributed by atoms with Crippen LogP contribution in [0, 0.1) is 0 Å². The highest BCUT2D eigenvalue weighted by atomic mass is 79.9. The molecule has 0 amide bonds. The van der Waals surface area contributed by atoms with Crippen molar-refractivity contribution < 1.29 is 0 Å². The molecule has 2 unspecified atom stereocenters. The quantitative estimate of drug-likeness (QED) is 0.737. The van der Waals surface area contributed by atoms with E-state index in [0.29, 0.717) is 12.0 Å². The van der Waals surface area contributed by atoms with Crippen molar-refractivity contribution in [1.82, 2.24) is 4.90 Å². The lowest BCUT2D eigenvalue weighted by molar-refractivity contribution is 0.158. The van der Waals surface area contributed by atoms with Gasteiger partial charge in [-0.25, -0.2) is 0 Å². The summed E-state index contributed by atoms with van der Waals surface area (Å²) in [6.45, 7) is 9.47. The first-order valence-electron chi connectivity index (χ1n) is 7.70. The fourth-order valence-corrected chi connectivity index (χ4v) is 4.34. The minimum Gasteiger partial charge on any atom is -0.300 e. The monoisotopic (exact) mass is 323 g/mol. The Hall–Kier alpha value is -0.340. The summed E-state index contributed by atoms with van der Waals surface area (Å²) >= 11 is 3.76. The van der Waals surface area contributed by atoms with E-state index in [0.717, 1.165) is 0 Å². The molecule has 1 aromatic carbocycles. The molecule has 0 saturated heterocycles. The topological polar surface area (TPSA) is 3.24 Å². The molecule has 1 aromatic rings. The van der Waals surface area contributed by atoms with Crippen molar-refractivity contribution in [1.29, 1.82) is 0 Å². The van der Waals surface area contributed by atoms with Crippen LogP contribution in [0.2, 0.25) is 0 Å². The lowest BCUT2D eigenvalue weighted by atomic mass is 9.79. The van der Waals surface area contributed by atoms with Crippen LogP contribution in [-0.2, 0) is 6.42 Å². The minimum atomic E-state index is 0.637. The van der Waals surface area contributed by atoms with Gasteiger partial charge in [-0.2, -0.15) is 0 Å². The van der Waals surface area contributed by atoms with E-state index in [1.165, 1.54) is 43.2 Å². The molecule has 0 heterocycles. The third-order valence-electron chi connectivity index (χ3n) is 4.38. The second-order valence-electron chi connectivity index (χ2n) is 5.74. The van der Waals surface area contributed by atoms with Crippen molar-refractivity contribution in [3.8, 4) is 0 Å². The van der Waals surface area contributed by atoms with E-state index in [2.05, 4.69) is 59.8 Å². The summed E-state index contributed by atoms with van der Waals surface area (Å²) in [7, 11) is 0. The van der Waals surface area contributed by atoms with Gasteiger partial charge < -0.3 is 0 Å². The number of fused-ring (bicyclic) bond motifs is 1. The molecule has 1 aliphatic rings. The fourth-order valence-electron chi connectivity index (χ4n) is 3.57. The second kappa shape index (κ2) is 6.90. The fraction of sp³-hybridized carbons (Fsp3) is 0.647. The average molecular weight is 324 g/mol. The third-order valence-corrected chi connectivity index (χ3v) is 5.07. The Labute approximate surface area is 126 Å². The van der Waals surface area contributed by atoms with Crippen LogP contribution in [0.3, 0.4) is 0 Å². The van der Waals surface area contributed by atoms with Crippen LogP contribution in [0.5, 0.6) is 0 Å². The Morgan fingerprint density at radius 2 is 1.89 bits per heavy atom. The number of nitrogens with zero attached hydrogens (tertiary/aromatic N) is 1. The van der Waals surface area contributed by atoms with E-state index in [1.54, 1.807) is 11.1 Å². The highest BCUT2D eigenvalue weighted by molar-refractivity contribution is 9.10. The maximum absolute atomic E-state index is 3.76. The molecule has 0 aliphatic heterocycles. The predicted octanol–water partition coefficient (Wildman–Crippen LogP) is 4.99. The van der Waals surface area contributed by atoms with Gasteiger partial charge in [-0.05, 0) is 61.9 Å². The van der Waals surface area contributed by atoms with Crippen molar-refractivity contribution in [3.05, 3.63) is 33.8 Å².